The second-order valence-electron chi connectivity index (χ2n) is 12.9. The Labute approximate surface area is 222 Å². The van der Waals surface area contributed by atoms with E-state index in [1.165, 1.54) is 6.42 Å². The van der Waals surface area contributed by atoms with E-state index in [2.05, 4.69) is 60.7 Å². The normalized spacial score (nSPS) is 29.6. The van der Waals surface area contributed by atoms with Crippen molar-refractivity contribution in [1.29, 1.82) is 5.26 Å². The summed E-state index contributed by atoms with van der Waals surface area (Å²) in [4.78, 5) is 12.8. The molecule has 6 atom stereocenters. The topological polar surface area (TPSA) is 87.0 Å². The molecular formula is C29H43NO6Si. The number of cyclic esters (lactones) is 1. The minimum absolute atomic E-state index is 0.0387. The molecular weight excluding hydrogens is 486 g/mol. The molecule has 2 aliphatic heterocycles. The van der Waals surface area contributed by atoms with Gasteiger partial charge in [0.05, 0.1) is 18.4 Å². The second-order valence-corrected chi connectivity index (χ2v) is 17.7. The Balaban J connectivity index is 1.77. The monoisotopic (exact) mass is 529 g/mol. The van der Waals surface area contributed by atoms with Crippen LogP contribution in [-0.4, -0.2) is 33.5 Å². The summed E-state index contributed by atoms with van der Waals surface area (Å²) < 4.78 is 30.7. The van der Waals surface area contributed by atoms with Crippen molar-refractivity contribution in [2.24, 2.45) is 23.7 Å². The maximum Gasteiger partial charge on any atom is 0.308 e. The van der Waals surface area contributed by atoms with Crippen molar-refractivity contribution in [2.45, 2.75) is 103 Å². The molecule has 3 aliphatic rings. The molecule has 1 aromatic rings. The van der Waals surface area contributed by atoms with E-state index in [9.17, 15) is 10.1 Å². The van der Waals surface area contributed by atoms with Crippen molar-refractivity contribution in [3.05, 3.63) is 23.8 Å². The average molecular weight is 530 g/mol. The van der Waals surface area contributed by atoms with Crippen LogP contribution in [0.5, 0.6) is 11.5 Å². The van der Waals surface area contributed by atoms with Crippen LogP contribution < -0.4 is 9.47 Å². The van der Waals surface area contributed by atoms with Crippen LogP contribution in [0.2, 0.25) is 18.1 Å². The molecule has 1 aromatic carbocycles. The third-order valence-corrected chi connectivity index (χ3v) is 13.4. The van der Waals surface area contributed by atoms with E-state index in [0.29, 0.717) is 34.8 Å². The predicted molar refractivity (Wildman–Crippen MR) is 142 cm³/mol. The van der Waals surface area contributed by atoms with Crippen molar-refractivity contribution in [3.63, 3.8) is 0 Å². The molecule has 1 aliphatic carbocycles. The number of ether oxygens (including phenoxy) is 4. The van der Waals surface area contributed by atoms with Crippen LogP contribution in [0.25, 0.3) is 0 Å². The van der Waals surface area contributed by atoms with Gasteiger partial charge in [-0.3, -0.25) is 4.79 Å². The Morgan fingerprint density at radius 2 is 1.84 bits per heavy atom. The van der Waals surface area contributed by atoms with Gasteiger partial charge in [0, 0.05) is 5.56 Å². The van der Waals surface area contributed by atoms with E-state index in [1.807, 2.05) is 18.2 Å². The molecule has 2 heterocycles. The third kappa shape index (κ3) is 5.41. The molecule has 37 heavy (non-hydrogen) atoms. The quantitative estimate of drug-likeness (QED) is 0.293. The van der Waals surface area contributed by atoms with Crippen LogP contribution in [0, 0.1) is 35.0 Å². The van der Waals surface area contributed by atoms with Crippen molar-refractivity contribution < 1.29 is 28.2 Å². The zero-order valence-electron chi connectivity index (χ0n) is 23.6. The molecule has 8 heteroatoms. The van der Waals surface area contributed by atoms with Gasteiger partial charge in [-0.1, -0.05) is 54.0 Å². The zero-order valence-corrected chi connectivity index (χ0v) is 24.6. The number of nitriles is 1. The van der Waals surface area contributed by atoms with Crippen molar-refractivity contribution in [3.8, 4) is 17.6 Å². The van der Waals surface area contributed by atoms with Gasteiger partial charge in [0.2, 0.25) is 13.1 Å². The molecule has 0 radical (unpaired) electrons. The first-order chi connectivity index (χ1) is 17.3. The Morgan fingerprint density at radius 1 is 1.14 bits per heavy atom. The highest BCUT2D eigenvalue weighted by Gasteiger charge is 2.57. The van der Waals surface area contributed by atoms with Gasteiger partial charge in [-0.2, -0.15) is 5.26 Å². The minimum Gasteiger partial charge on any atom is -0.454 e. The molecule has 0 spiro atoms. The summed E-state index contributed by atoms with van der Waals surface area (Å²) >= 11 is 0. The minimum atomic E-state index is -2.50. The van der Waals surface area contributed by atoms with E-state index in [4.69, 9.17) is 23.4 Å². The SMILES string of the molecule is CC(C)[C@@H]1CC[C@@H](C)C[C@H]1O[C@@H]1OC(=O)C[C@H]1C(C#N)(O[Si](C)(C)C(C)(C)C)c1ccc2c(c1)OCO2. The van der Waals surface area contributed by atoms with Crippen molar-refractivity contribution >= 4 is 14.3 Å². The first-order valence-electron chi connectivity index (χ1n) is 13.6. The number of hydrogen-bond acceptors (Lipinski definition) is 7. The van der Waals surface area contributed by atoms with E-state index in [-0.39, 0.29) is 30.3 Å². The van der Waals surface area contributed by atoms with Gasteiger partial charge in [0.1, 0.15) is 6.07 Å². The number of benzene rings is 1. The van der Waals surface area contributed by atoms with E-state index < -0.39 is 26.1 Å². The van der Waals surface area contributed by atoms with Crippen LogP contribution >= 0.6 is 0 Å². The average Bonchev–Trinajstić information content (AvgIpc) is 3.42. The molecule has 0 aromatic heterocycles. The van der Waals surface area contributed by atoms with Crippen LogP contribution in [0.15, 0.2) is 18.2 Å². The van der Waals surface area contributed by atoms with Crippen LogP contribution in [-0.2, 0) is 24.3 Å². The first-order valence-corrected chi connectivity index (χ1v) is 16.5. The number of carbonyl (C=O) groups is 1. The molecule has 204 valence electrons. The molecule has 0 amide bonds. The largest absolute Gasteiger partial charge is 0.454 e. The van der Waals surface area contributed by atoms with Gasteiger partial charge >= 0.3 is 5.97 Å². The molecule has 7 nitrogen and oxygen atoms in total. The number of rotatable bonds is 7. The highest BCUT2D eigenvalue weighted by atomic mass is 28.4. The Hall–Kier alpha value is -2.08. The van der Waals surface area contributed by atoms with Gasteiger partial charge in [-0.15, -0.1) is 0 Å². The fourth-order valence-electron chi connectivity index (χ4n) is 5.64. The van der Waals surface area contributed by atoms with Gasteiger partial charge in [-0.25, -0.2) is 0 Å². The first kappa shape index (κ1) is 27.9. The van der Waals surface area contributed by atoms with E-state index >= 15 is 0 Å². The maximum absolute atomic E-state index is 12.8. The summed E-state index contributed by atoms with van der Waals surface area (Å²) in [5.41, 5.74) is -0.813. The summed E-state index contributed by atoms with van der Waals surface area (Å²) in [6.45, 7) is 17.5. The fourth-order valence-corrected chi connectivity index (χ4v) is 7.07. The lowest BCUT2D eigenvalue weighted by Crippen LogP contribution is -2.53. The fraction of sp³-hybridized carbons (Fsp3) is 0.724. The molecule has 0 bridgehead atoms. The number of esters is 1. The zero-order chi connectivity index (χ0) is 27.2. The summed E-state index contributed by atoms with van der Waals surface area (Å²) in [6.07, 6.45) is 2.32. The molecule has 1 saturated carbocycles. The van der Waals surface area contributed by atoms with Gasteiger partial charge in [0.15, 0.2) is 25.4 Å². The molecule has 2 fully saturated rings. The Bertz CT molecular complexity index is 1040. The molecule has 4 rings (SSSR count). The number of fused-ring (bicyclic) bond motifs is 1. The highest BCUT2D eigenvalue weighted by Crippen LogP contribution is 2.51. The lowest BCUT2D eigenvalue weighted by Gasteiger charge is -2.46. The maximum atomic E-state index is 12.8. The lowest BCUT2D eigenvalue weighted by atomic mass is 9.75. The summed E-state index contributed by atoms with van der Waals surface area (Å²) in [6, 6.07) is 8.01. The smallest absolute Gasteiger partial charge is 0.308 e. The lowest BCUT2D eigenvalue weighted by molar-refractivity contribution is -0.208. The number of carbonyl (C=O) groups excluding carboxylic acids is 1. The van der Waals surface area contributed by atoms with E-state index in [0.717, 1.165) is 12.8 Å². The number of hydrogen-bond donors (Lipinski definition) is 0. The molecule has 1 saturated heterocycles. The summed E-state index contributed by atoms with van der Waals surface area (Å²) in [5.74, 6) is 1.58. The third-order valence-electron chi connectivity index (χ3n) is 8.94. The Morgan fingerprint density at radius 3 is 2.49 bits per heavy atom. The molecule has 0 N–H and O–H groups in total. The molecule has 1 unspecified atom stereocenters. The standard InChI is InChI=1S/C29H43NO6Si/c1-18(2)21-11-9-19(3)13-24(21)34-27-22(15-26(31)35-27)29(16-30,36-37(7,8)28(4,5)6)20-10-12-23-25(14-20)33-17-32-23/h10,12,14,18-19,21-22,24,27H,9,11,13,15,17H2,1-8H3/t19-,21+,22-,24-,27-,29?/m1/s1. The van der Waals surface area contributed by atoms with Crippen LogP contribution in [0.1, 0.15) is 72.8 Å². The Kier molecular flexibility index (Phi) is 7.73. The second kappa shape index (κ2) is 10.2. The van der Waals surface area contributed by atoms with Gasteiger partial charge in [0.25, 0.3) is 0 Å². The van der Waals surface area contributed by atoms with Crippen LogP contribution in [0.3, 0.4) is 0 Å². The highest BCUT2D eigenvalue weighted by molar-refractivity contribution is 6.74. The summed E-state index contributed by atoms with van der Waals surface area (Å²) in [7, 11) is -2.50. The number of nitrogens with zero attached hydrogens (tertiary/aromatic N) is 1. The van der Waals surface area contributed by atoms with E-state index in [1.54, 1.807) is 0 Å². The summed E-state index contributed by atoms with van der Waals surface area (Å²) in [5, 5.41) is 10.8. The van der Waals surface area contributed by atoms with Crippen LogP contribution in [0.4, 0.5) is 0 Å². The van der Waals surface area contributed by atoms with Crippen molar-refractivity contribution in [2.75, 3.05) is 6.79 Å². The van der Waals surface area contributed by atoms with Gasteiger partial charge in [-0.05, 0) is 60.9 Å². The van der Waals surface area contributed by atoms with Crippen molar-refractivity contribution in [1.82, 2.24) is 0 Å². The predicted octanol–water partition coefficient (Wildman–Crippen LogP) is 6.52. The van der Waals surface area contributed by atoms with Gasteiger partial charge < -0.3 is 23.4 Å².